The summed E-state index contributed by atoms with van der Waals surface area (Å²) in [4.78, 5) is 37.1. The number of Topliss-reactive ketones (excluding diaryl/α,β-unsaturated/α-hetero) is 2. The standard InChI is InChI=1S/C13H15NO4/c1-8(15)9-6-10(14-7-9)13(17)18-12-5-3-2-4-11(12)16/h6-7,12,14H,2-5H2,1H3/t12-/m0/s1. The van der Waals surface area contributed by atoms with Crippen molar-refractivity contribution in [1.29, 1.82) is 0 Å². The Labute approximate surface area is 105 Å². The third-order valence-electron chi connectivity index (χ3n) is 3.06. The number of nitrogens with one attached hydrogen (secondary N) is 1. The van der Waals surface area contributed by atoms with Crippen molar-refractivity contribution < 1.29 is 19.1 Å². The number of hydrogen-bond acceptors (Lipinski definition) is 4. The summed E-state index contributed by atoms with van der Waals surface area (Å²) in [7, 11) is 0. The first kappa shape index (κ1) is 12.5. The van der Waals surface area contributed by atoms with Gasteiger partial charge in [0.15, 0.2) is 17.7 Å². The summed E-state index contributed by atoms with van der Waals surface area (Å²) in [6.07, 6.45) is 3.65. The Morgan fingerprint density at radius 3 is 2.78 bits per heavy atom. The molecule has 5 heteroatoms. The fraction of sp³-hybridized carbons (Fsp3) is 0.462. The lowest BCUT2D eigenvalue weighted by Crippen LogP contribution is -2.30. The van der Waals surface area contributed by atoms with Crippen LogP contribution >= 0.6 is 0 Å². The topological polar surface area (TPSA) is 76.2 Å². The molecule has 1 fully saturated rings. The van der Waals surface area contributed by atoms with Gasteiger partial charge in [-0.3, -0.25) is 9.59 Å². The summed E-state index contributed by atoms with van der Waals surface area (Å²) in [6.45, 7) is 1.42. The molecule has 0 spiro atoms. The monoisotopic (exact) mass is 249 g/mol. The summed E-state index contributed by atoms with van der Waals surface area (Å²) in [5, 5.41) is 0. The number of ketones is 2. The van der Waals surface area contributed by atoms with Crippen molar-refractivity contribution in [2.75, 3.05) is 0 Å². The van der Waals surface area contributed by atoms with Crippen molar-refractivity contribution in [3.8, 4) is 0 Å². The lowest BCUT2D eigenvalue weighted by atomic mass is 9.96. The molecule has 1 aliphatic carbocycles. The average Bonchev–Trinajstić information content (AvgIpc) is 2.81. The van der Waals surface area contributed by atoms with Crippen LogP contribution in [0.2, 0.25) is 0 Å². The van der Waals surface area contributed by atoms with Gasteiger partial charge in [-0.25, -0.2) is 4.79 Å². The van der Waals surface area contributed by atoms with Crippen molar-refractivity contribution in [2.24, 2.45) is 0 Å². The molecule has 96 valence electrons. The first-order chi connectivity index (χ1) is 8.58. The van der Waals surface area contributed by atoms with E-state index in [4.69, 9.17) is 4.74 Å². The maximum absolute atomic E-state index is 11.8. The molecule has 0 amide bonds. The molecule has 0 unspecified atom stereocenters. The van der Waals surface area contributed by atoms with Crippen molar-refractivity contribution in [1.82, 2.24) is 4.98 Å². The molecule has 1 atom stereocenters. The SMILES string of the molecule is CC(=O)c1c[nH]c(C(=O)O[C@H]2CCCCC2=O)c1. The van der Waals surface area contributed by atoms with E-state index in [1.165, 1.54) is 19.2 Å². The fourth-order valence-electron chi connectivity index (χ4n) is 1.98. The molecule has 5 nitrogen and oxygen atoms in total. The predicted octanol–water partition coefficient (Wildman–Crippen LogP) is 1.89. The number of rotatable bonds is 3. The molecule has 1 N–H and O–H groups in total. The van der Waals surface area contributed by atoms with Crippen LogP contribution in [-0.2, 0) is 9.53 Å². The van der Waals surface area contributed by atoms with E-state index in [-0.39, 0.29) is 17.3 Å². The Morgan fingerprint density at radius 2 is 2.17 bits per heavy atom. The minimum atomic E-state index is -0.629. The summed E-state index contributed by atoms with van der Waals surface area (Å²) >= 11 is 0. The highest BCUT2D eigenvalue weighted by molar-refractivity contribution is 5.98. The average molecular weight is 249 g/mol. The van der Waals surface area contributed by atoms with Crippen LogP contribution in [-0.4, -0.2) is 28.6 Å². The number of ether oxygens (including phenoxy) is 1. The summed E-state index contributed by atoms with van der Waals surface area (Å²) in [5.74, 6) is -0.727. The van der Waals surface area contributed by atoms with Crippen LogP contribution in [0.4, 0.5) is 0 Å². The zero-order valence-electron chi connectivity index (χ0n) is 10.2. The highest BCUT2D eigenvalue weighted by Gasteiger charge is 2.26. The molecule has 0 radical (unpaired) electrons. The van der Waals surface area contributed by atoms with E-state index >= 15 is 0 Å². The molecule has 2 rings (SSSR count). The van der Waals surface area contributed by atoms with Gasteiger partial charge in [0.2, 0.25) is 0 Å². The van der Waals surface area contributed by atoms with Crippen molar-refractivity contribution in [3.63, 3.8) is 0 Å². The van der Waals surface area contributed by atoms with Crippen LogP contribution in [0.5, 0.6) is 0 Å². The third-order valence-corrected chi connectivity index (χ3v) is 3.06. The Morgan fingerprint density at radius 1 is 1.39 bits per heavy atom. The number of esters is 1. The molecular weight excluding hydrogens is 234 g/mol. The van der Waals surface area contributed by atoms with Gasteiger partial charge in [-0.15, -0.1) is 0 Å². The van der Waals surface area contributed by atoms with Gasteiger partial charge in [-0.05, 0) is 32.3 Å². The second-order valence-corrected chi connectivity index (χ2v) is 4.46. The molecule has 0 bridgehead atoms. The smallest absolute Gasteiger partial charge is 0.355 e. The molecule has 1 saturated carbocycles. The zero-order chi connectivity index (χ0) is 13.1. The summed E-state index contributed by atoms with van der Waals surface area (Å²) in [5.41, 5.74) is 0.635. The number of carbonyl (C=O) groups excluding carboxylic acids is 3. The van der Waals surface area contributed by atoms with Gasteiger partial charge in [0.05, 0.1) is 0 Å². The van der Waals surface area contributed by atoms with Gasteiger partial charge in [-0.1, -0.05) is 0 Å². The van der Waals surface area contributed by atoms with E-state index < -0.39 is 12.1 Å². The highest BCUT2D eigenvalue weighted by Crippen LogP contribution is 2.18. The van der Waals surface area contributed by atoms with Gasteiger partial charge >= 0.3 is 5.97 Å². The fourth-order valence-corrected chi connectivity index (χ4v) is 1.98. The minimum Gasteiger partial charge on any atom is -0.450 e. The maximum Gasteiger partial charge on any atom is 0.355 e. The van der Waals surface area contributed by atoms with Gasteiger partial charge in [0.25, 0.3) is 0 Å². The van der Waals surface area contributed by atoms with E-state index in [0.717, 1.165) is 12.8 Å². The van der Waals surface area contributed by atoms with Crippen LogP contribution in [0.3, 0.4) is 0 Å². The van der Waals surface area contributed by atoms with Crippen molar-refractivity contribution in [3.05, 3.63) is 23.5 Å². The van der Waals surface area contributed by atoms with Gasteiger partial charge in [0.1, 0.15) is 5.69 Å². The number of aromatic amines is 1. The van der Waals surface area contributed by atoms with E-state index in [9.17, 15) is 14.4 Å². The van der Waals surface area contributed by atoms with Gasteiger partial charge < -0.3 is 9.72 Å². The maximum atomic E-state index is 11.8. The molecule has 0 aliphatic heterocycles. The normalized spacial score (nSPS) is 19.6. The van der Waals surface area contributed by atoms with Crippen LogP contribution in [0.25, 0.3) is 0 Å². The van der Waals surface area contributed by atoms with E-state index in [1.807, 2.05) is 0 Å². The summed E-state index contributed by atoms with van der Waals surface area (Å²) < 4.78 is 5.15. The molecule has 0 aromatic carbocycles. The lowest BCUT2D eigenvalue weighted by molar-refractivity contribution is -0.129. The van der Waals surface area contributed by atoms with E-state index in [2.05, 4.69) is 4.98 Å². The second kappa shape index (κ2) is 5.16. The first-order valence-corrected chi connectivity index (χ1v) is 6.01. The van der Waals surface area contributed by atoms with E-state index in [1.54, 1.807) is 0 Å². The summed E-state index contributed by atoms with van der Waals surface area (Å²) in [6, 6.07) is 1.44. The first-order valence-electron chi connectivity index (χ1n) is 6.01. The molecule has 1 heterocycles. The van der Waals surface area contributed by atoms with Crippen molar-refractivity contribution in [2.45, 2.75) is 38.7 Å². The number of hydrogen-bond donors (Lipinski definition) is 1. The number of carbonyl (C=O) groups is 3. The second-order valence-electron chi connectivity index (χ2n) is 4.46. The van der Waals surface area contributed by atoms with Crippen LogP contribution in [0, 0.1) is 0 Å². The quantitative estimate of drug-likeness (QED) is 0.655. The van der Waals surface area contributed by atoms with Crippen molar-refractivity contribution >= 4 is 17.5 Å². The number of aromatic nitrogens is 1. The number of H-pyrrole nitrogens is 1. The third kappa shape index (κ3) is 2.67. The molecule has 0 saturated heterocycles. The Kier molecular flexibility index (Phi) is 3.60. The largest absolute Gasteiger partial charge is 0.450 e. The van der Waals surface area contributed by atoms with Gasteiger partial charge in [0, 0.05) is 18.2 Å². The van der Waals surface area contributed by atoms with Crippen LogP contribution < -0.4 is 0 Å². The molecular formula is C13H15NO4. The predicted molar refractivity (Wildman–Crippen MR) is 63.5 cm³/mol. The Bertz CT molecular complexity index is 489. The molecule has 1 aliphatic rings. The molecule has 18 heavy (non-hydrogen) atoms. The zero-order valence-corrected chi connectivity index (χ0v) is 10.2. The molecule has 1 aromatic heterocycles. The van der Waals surface area contributed by atoms with Crippen LogP contribution in [0.1, 0.15) is 53.5 Å². The Balaban J connectivity index is 2.02. The Hall–Kier alpha value is -1.91. The highest BCUT2D eigenvalue weighted by atomic mass is 16.5. The minimum absolute atomic E-state index is 0.0204. The van der Waals surface area contributed by atoms with Gasteiger partial charge in [-0.2, -0.15) is 0 Å². The lowest BCUT2D eigenvalue weighted by Gasteiger charge is -2.20. The molecule has 1 aromatic rings. The van der Waals surface area contributed by atoms with E-state index in [0.29, 0.717) is 18.4 Å². The van der Waals surface area contributed by atoms with Crippen LogP contribution in [0.15, 0.2) is 12.3 Å².